The highest BCUT2D eigenvalue weighted by atomic mass is 35.5. The van der Waals surface area contributed by atoms with Gasteiger partial charge in [0.15, 0.2) is 0 Å². The molecule has 144 valence electrons. The summed E-state index contributed by atoms with van der Waals surface area (Å²) in [7, 11) is 0. The molecule has 7 nitrogen and oxygen atoms in total. The molecule has 1 N–H and O–H groups in total. The average Bonchev–Trinajstić information content (AvgIpc) is 2.67. The minimum Gasteiger partial charge on any atom is -0.459 e. The Balaban J connectivity index is 1.50. The summed E-state index contributed by atoms with van der Waals surface area (Å²) in [4.78, 5) is 40.3. The number of esters is 1. The van der Waals surface area contributed by atoms with Crippen LogP contribution in [0.2, 0.25) is 5.02 Å². The number of aromatic nitrogens is 2. The predicted molar refractivity (Wildman–Crippen MR) is 104 cm³/mol. The van der Waals surface area contributed by atoms with Crippen LogP contribution in [0.4, 0.5) is 0 Å². The van der Waals surface area contributed by atoms with Gasteiger partial charge in [-0.05, 0) is 42.8 Å². The second kappa shape index (κ2) is 8.67. The van der Waals surface area contributed by atoms with Crippen molar-refractivity contribution in [2.45, 2.75) is 20.0 Å². The van der Waals surface area contributed by atoms with Gasteiger partial charge in [0.2, 0.25) is 0 Å². The van der Waals surface area contributed by atoms with E-state index in [9.17, 15) is 14.4 Å². The number of halogens is 1. The molecule has 0 fully saturated rings. The lowest BCUT2D eigenvalue weighted by molar-refractivity contribution is -0.144. The summed E-state index contributed by atoms with van der Waals surface area (Å²) in [5.41, 5.74) is 2.01. The number of pyridine rings is 1. The second-order valence-corrected chi connectivity index (χ2v) is 6.63. The van der Waals surface area contributed by atoms with E-state index < -0.39 is 5.97 Å². The first-order valence-corrected chi connectivity index (χ1v) is 8.98. The van der Waals surface area contributed by atoms with Crippen molar-refractivity contribution < 1.29 is 14.3 Å². The maximum atomic E-state index is 12.1. The summed E-state index contributed by atoms with van der Waals surface area (Å²) in [6, 6.07) is 11.3. The Bertz CT molecular complexity index is 1080. The molecule has 0 saturated heterocycles. The zero-order chi connectivity index (χ0) is 20.1. The van der Waals surface area contributed by atoms with Gasteiger partial charge in [-0.2, -0.15) is 0 Å². The molecule has 0 spiro atoms. The molecular formula is C20H18ClN3O4. The van der Waals surface area contributed by atoms with Gasteiger partial charge in [-0.1, -0.05) is 17.7 Å². The molecular weight excluding hydrogens is 382 g/mol. The minimum atomic E-state index is -0.498. The van der Waals surface area contributed by atoms with Gasteiger partial charge < -0.3 is 10.1 Å². The first-order chi connectivity index (χ1) is 13.4. The number of fused-ring (bicyclic) bond motifs is 1. The van der Waals surface area contributed by atoms with E-state index in [4.69, 9.17) is 16.3 Å². The van der Waals surface area contributed by atoms with Crippen LogP contribution in [0.3, 0.4) is 0 Å². The summed E-state index contributed by atoms with van der Waals surface area (Å²) in [5, 5.41) is 3.17. The summed E-state index contributed by atoms with van der Waals surface area (Å²) >= 11 is 5.78. The van der Waals surface area contributed by atoms with Crippen molar-refractivity contribution in [3.05, 3.63) is 80.9 Å². The van der Waals surface area contributed by atoms with Crippen molar-refractivity contribution in [3.63, 3.8) is 0 Å². The Morgan fingerprint density at radius 3 is 2.68 bits per heavy atom. The molecule has 28 heavy (non-hydrogen) atoms. The molecule has 0 unspecified atom stereocenters. The molecule has 0 atom stereocenters. The third-order valence-corrected chi connectivity index (χ3v) is 4.21. The monoisotopic (exact) mass is 399 g/mol. The fraction of sp³-hybridized carbons (Fsp3) is 0.200. The SMILES string of the molecule is Cc1ccc2nc(COC(=O)CCNC(=O)c3ccc(Cl)cc3)cc(=O)n2c1. The Labute approximate surface area is 165 Å². The maximum Gasteiger partial charge on any atom is 0.307 e. The van der Waals surface area contributed by atoms with E-state index in [2.05, 4.69) is 10.3 Å². The van der Waals surface area contributed by atoms with E-state index in [-0.39, 0.29) is 31.0 Å². The number of hydrogen-bond donors (Lipinski definition) is 1. The molecule has 3 rings (SSSR count). The van der Waals surface area contributed by atoms with Crippen molar-refractivity contribution in [2.24, 2.45) is 0 Å². The van der Waals surface area contributed by atoms with E-state index >= 15 is 0 Å². The van der Waals surface area contributed by atoms with Crippen LogP contribution >= 0.6 is 11.6 Å². The van der Waals surface area contributed by atoms with Gasteiger partial charge in [0.05, 0.1) is 12.1 Å². The number of ether oxygens (including phenoxy) is 1. The zero-order valence-corrected chi connectivity index (χ0v) is 15.9. The number of rotatable bonds is 6. The highest BCUT2D eigenvalue weighted by molar-refractivity contribution is 6.30. The third kappa shape index (κ3) is 4.95. The van der Waals surface area contributed by atoms with Gasteiger partial charge in [0, 0.05) is 29.4 Å². The summed E-state index contributed by atoms with van der Waals surface area (Å²) in [5.74, 6) is -0.800. The molecule has 0 saturated carbocycles. The zero-order valence-electron chi connectivity index (χ0n) is 15.1. The smallest absolute Gasteiger partial charge is 0.307 e. The van der Waals surface area contributed by atoms with Gasteiger partial charge in [0.25, 0.3) is 11.5 Å². The first kappa shape index (κ1) is 19.6. The lowest BCUT2D eigenvalue weighted by Gasteiger charge is -2.07. The van der Waals surface area contributed by atoms with Crippen LogP contribution in [0.1, 0.15) is 28.0 Å². The fourth-order valence-corrected chi connectivity index (χ4v) is 2.67. The maximum absolute atomic E-state index is 12.1. The van der Waals surface area contributed by atoms with Crippen LogP contribution in [-0.4, -0.2) is 27.8 Å². The number of carbonyl (C=O) groups is 2. The standard InChI is InChI=1S/C20H18ClN3O4/c1-13-2-7-17-23-16(10-18(25)24(17)11-13)12-28-19(26)8-9-22-20(27)14-3-5-15(21)6-4-14/h2-7,10-11H,8-9,12H2,1H3,(H,22,27). The predicted octanol–water partition coefficient (Wildman–Crippen LogP) is 2.52. The Morgan fingerprint density at radius 2 is 1.93 bits per heavy atom. The number of hydrogen-bond acceptors (Lipinski definition) is 5. The quantitative estimate of drug-likeness (QED) is 0.643. The Hall–Kier alpha value is -3.19. The van der Waals surface area contributed by atoms with Gasteiger partial charge in [-0.25, -0.2) is 4.98 Å². The fourth-order valence-electron chi connectivity index (χ4n) is 2.54. The van der Waals surface area contributed by atoms with Crippen LogP contribution in [0.25, 0.3) is 5.65 Å². The van der Waals surface area contributed by atoms with E-state index in [0.717, 1.165) is 5.56 Å². The van der Waals surface area contributed by atoms with Crippen LogP contribution in [0.15, 0.2) is 53.5 Å². The second-order valence-electron chi connectivity index (χ2n) is 6.19. The lowest BCUT2D eigenvalue weighted by atomic mass is 10.2. The van der Waals surface area contributed by atoms with Crippen LogP contribution in [0.5, 0.6) is 0 Å². The lowest BCUT2D eigenvalue weighted by Crippen LogP contribution is -2.26. The van der Waals surface area contributed by atoms with E-state index in [1.807, 2.05) is 13.0 Å². The number of benzene rings is 1. The number of amides is 1. The van der Waals surface area contributed by atoms with Crippen molar-refractivity contribution in [1.29, 1.82) is 0 Å². The van der Waals surface area contributed by atoms with Crippen molar-refractivity contribution >= 4 is 29.1 Å². The Morgan fingerprint density at radius 1 is 1.18 bits per heavy atom. The van der Waals surface area contributed by atoms with Crippen molar-refractivity contribution in [2.75, 3.05) is 6.54 Å². The first-order valence-electron chi connectivity index (χ1n) is 8.61. The highest BCUT2D eigenvalue weighted by Gasteiger charge is 2.09. The third-order valence-electron chi connectivity index (χ3n) is 3.96. The van der Waals surface area contributed by atoms with Gasteiger partial charge in [-0.15, -0.1) is 0 Å². The van der Waals surface area contributed by atoms with Gasteiger partial charge in [0.1, 0.15) is 12.3 Å². The summed E-state index contributed by atoms with van der Waals surface area (Å²) in [6.45, 7) is 1.91. The van der Waals surface area contributed by atoms with E-state index in [0.29, 0.717) is 21.9 Å². The molecule has 3 aromatic rings. The molecule has 8 heteroatoms. The number of nitrogens with zero attached hydrogens (tertiary/aromatic N) is 2. The van der Waals surface area contributed by atoms with Gasteiger partial charge in [-0.3, -0.25) is 18.8 Å². The van der Waals surface area contributed by atoms with Crippen molar-refractivity contribution in [3.8, 4) is 0 Å². The van der Waals surface area contributed by atoms with Crippen LogP contribution < -0.4 is 10.9 Å². The normalized spacial score (nSPS) is 10.6. The molecule has 2 aromatic heterocycles. The molecule has 1 amide bonds. The van der Waals surface area contributed by atoms with Crippen LogP contribution in [0, 0.1) is 6.92 Å². The number of aryl methyl sites for hydroxylation is 1. The van der Waals surface area contributed by atoms with Crippen molar-refractivity contribution in [1.82, 2.24) is 14.7 Å². The van der Waals surface area contributed by atoms with Crippen LogP contribution in [-0.2, 0) is 16.1 Å². The van der Waals surface area contributed by atoms with E-state index in [1.54, 1.807) is 36.5 Å². The molecule has 0 aliphatic heterocycles. The largest absolute Gasteiger partial charge is 0.459 e. The highest BCUT2D eigenvalue weighted by Crippen LogP contribution is 2.09. The molecule has 0 radical (unpaired) electrons. The molecule has 0 bridgehead atoms. The number of nitrogens with one attached hydrogen (secondary N) is 1. The minimum absolute atomic E-state index is 0.00505. The average molecular weight is 400 g/mol. The summed E-state index contributed by atoms with van der Waals surface area (Å²) < 4.78 is 6.58. The number of carbonyl (C=O) groups excluding carboxylic acids is 2. The molecule has 0 aliphatic rings. The molecule has 0 aliphatic carbocycles. The topological polar surface area (TPSA) is 89.8 Å². The molecule has 1 aromatic carbocycles. The Kier molecular flexibility index (Phi) is 6.06. The summed E-state index contributed by atoms with van der Waals surface area (Å²) in [6.07, 6.45) is 1.70. The van der Waals surface area contributed by atoms with Gasteiger partial charge >= 0.3 is 5.97 Å². The molecule has 2 heterocycles. The van der Waals surface area contributed by atoms with E-state index in [1.165, 1.54) is 10.5 Å².